The number of H-pyrrole nitrogens is 1. The number of nitrogens with zero attached hydrogens (tertiary/aromatic N) is 3. The maximum atomic E-state index is 4.30. The number of thioether (sulfide) groups is 1. The molecular formula is C10H8N4S. The second kappa shape index (κ2) is 3.20. The minimum Gasteiger partial charge on any atom is -0.344 e. The number of rotatable bonds is 1. The van der Waals surface area contributed by atoms with Gasteiger partial charge in [0.25, 0.3) is 0 Å². The SMILES string of the molecule is CSc1cc2cncnc2c2nc[nH]c12. The van der Waals surface area contributed by atoms with Crippen LogP contribution in [0, 0.1) is 0 Å². The molecule has 0 saturated heterocycles. The third-order valence-electron chi connectivity index (χ3n) is 2.36. The molecule has 0 aliphatic carbocycles. The van der Waals surface area contributed by atoms with E-state index in [0.29, 0.717) is 0 Å². The summed E-state index contributed by atoms with van der Waals surface area (Å²) in [6.45, 7) is 0. The van der Waals surface area contributed by atoms with E-state index >= 15 is 0 Å². The van der Waals surface area contributed by atoms with Crippen LogP contribution in [0.2, 0.25) is 0 Å². The molecule has 0 aliphatic heterocycles. The lowest BCUT2D eigenvalue weighted by molar-refractivity contribution is 1.22. The van der Waals surface area contributed by atoms with Gasteiger partial charge >= 0.3 is 0 Å². The molecule has 0 spiro atoms. The number of fused-ring (bicyclic) bond motifs is 3. The molecule has 4 nitrogen and oxygen atoms in total. The van der Waals surface area contributed by atoms with Crippen LogP contribution in [0.3, 0.4) is 0 Å². The summed E-state index contributed by atoms with van der Waals surface area (Å²) in [6, 6.07) is 2.08. The highest BCUT2D eigenvalue weighted by Crippen LogP contribution is 2.29. The highest BCUT2D eigenvalue weighted by atomic mass is 32.2. The number of hydrogen-bond donors (Lipinski definition) is 1. The lowest BCUT2D eigenvalue weighted by atomic mass is 10.2. The molecule has 3 aromatic rings. The first-order valence-corrected chi connectivity index (χ1v) is 5.72. The Morgan fingerprint density at radius 3 is 3.07 bits per heavy atom. The molecule has 0 unspecified atom stereocenters. The molecule has 0 fully saturated rings. The molecule has 5 heteroatoms. The van der Waals surface area contributed by atoms with Gasteiger partial charge in [-0.05, 0) is 12.3 Å². The molecule has 0 saturated carbocycles. The molecule has 3 rings (SSSR count). The fourth-order valence-corrected chi connectivity index (χ4v) is 2.28. The summed E-state index contributed by atoms with van der Waals surface area (Å²) in [5.74, 6) is 0. The van der Waals surface area contributed by atoms with Crippen molar-refractivity contribution in [1.82, 2.24) is 19.9 Å². The molecule has 0 bridgehead atoms. The van der Waals surface area contributed by atoms with Gasteiger partial charge in [0.05, 0.1) is 11.8 Å². The van der Waals surface area contributed by atoms with Crippen molar-refractivity contribution in [3.63, 3.8) is 0 Å². The van der Waals surface area contributed by atoms with Crippen molar-refractivity contribution in [3.8, 4) is 0 Å². The van der Waals surface area contributed by atoms with E-state index in [1.807, 2.05) is 12.5 Å². The monoisotopic (exact) mass is 216 g/mol. The quantitative estimate of drug-likeness (QED) is 0.634. The van der Waals surface area contributed by atoms with E-state index in [0.717, 1.165) is 21.9 Å². The van der Waals surface area contributed by atoms with Crippen LogP contribution >= 0.6 is 11.8 Å². The highest BCUT2D eigenvalue weighted by molar-refractivity contribution is 7.98. The Morgan fingerprint density at radius 2 is 2.20 bits per heavy atom. The van der Waals surface area contributed by atoms with Crippen molar-refractivity contribution < 1.29 is 0 Å². The van der Waals surface area contributed by atoms with Crippen LogP contribution in [-0.2, 0) is 0 Å². The number of aromatic amines is 1. The Hall–Kier alpha value is -1.62. The van der Waals surface area contributed by atoms with Crippen LogP contribution in [0.1, 0.15) is 0 Å². The fourth-order valence-electron chi connectivity index (χ4n) is 1.68. The molecule has 0 amide bonds. The van der Waals surface area contributed by atoms with Gasteiger partial charge in [-0.3, -0.25) is 0 Å². The number of imidazole rings is 1. The van der Waals surface area contributed by atoms with Crippen LogP contribution in [0.15, 0.2) is 29.8 Å². The molecular weight excluding hydrogens is 208 g/mol. The van der Waals surface area contributed by atoms with E-state index in [2.05, 4.69) is 26.0 Å². The van der Waals surface area contributed by atoms with Crippen molar-refractivity contribution in [3.05, 3.63) is 24.9 Å². The van der Waals surface area contributed by atoms with Crippen LogP contribution in [0.5, 0.6) is 0 Å². The minimum atomic E-state index is 0.902. The second-order valence-electron chi connectivity index (χ2n) is 3.17. The summed E-state index contributed by atoms with van der Waals surface area (Å²) in [7, 11) is 0. The van der Waals surface area contributed by atoms with Gasteiger partial charge in [0, 0.05) is 16.5 Å². The first-order valence-electron chi connectivity index (χ1n) is 4.50. The molecule has 1 aromatic carbocycles. The molecule has 1 N–H and O–H groups in total. The average Bonchev–Trinajstić information content (AvgIpc) is 2.77. The van der Waals surface area contributed by atoms with Gasteiger partial charge in [-0.1, -0.05) is 0 Å². The molecule has 0 atom stereocenters. The average molecular weight is 216 g/mol. The van der Waals surface area contributed by atoms with Gasteiger partial charge in [0.15, 0.2) is 0 Å². The molecule has 0 aliphatic rings. The van der Waals surface area contributed by atoms with Crippen molar-refractivity contribution in [1.29, 1.82) is 0 Å². The minimum absolute atomic E-state index is 0.902. The number of benzene rings is 1. The second-order valence-corrected chi connectivity index (χ2v) is 4.01. The van der Waals surface area contributed by atoms with Crippen LogP contribution in [0.4, 0.5) is 0 Å². The third kappa shape index (κ3) is 1.20. The van der Waals surface area contributed by atoms with Gasteiger partial charge in [0.1, 0.15) is 17.4 Å². The van der Waals surface area contributed by atoms with Crippen molar-refractivity contribution in [2.45, 2.75) is 4.90 Å². The Morgan fingerprint density at radius 1 is 1.27 bits per heavy atom. The zero-order chi connectivity index (χ0) is 10.3. The molecule has 2 heterocycles. The predicted molar refractivity (Wildman–Crippen MR) is 61.0 cm³/mol. The maximum absolute atomic E-state index is 4.30. The van der Waals surface area contributed by atoms with E-state index < -0.39 is 0 Å². The fraction of sp³-hybridized carbons (Fsp3) is 0.100. The van der Waals surface area contributed by atoms with Gasteiger partial charge in [-0.15, -0.1) is 11.8 Å². The van der Waals surface area contributed by atoms with E-state index in [9.17, 15) is 0 Å². The van der Waals surface area contributed by atoms with Crippen LogP contribution in [-0.4, -0.2) is 26.2 Å². The summed E-state index contributed by atoms with van der Waals surface area (Å²) in [5, 5.41) is 1.03. The topological polar surface area (TPSA) is 54.5 Å². The Labute approximate surface area is 90.2 Å². The smallest absolute Gasteiger partial charge is 0.116 e. The first kappa shape index (κ1) is 8.67. The summed E-state index contributed by atoms with van der Waals surface area (Å²) in [5.41, 5.74) is 2.87. The van der Waals surface area contributed by atoms with Crippen molar-refractivity contribution >= 4 is 33.7 Å². The lowest BCUT2D eigenvalue weighted by Crippen LogP contribution is -1.85. The van der Waals surface area contributed by atoms with Crippen molar-refractivity contribution in [2.75, 3.05) is 6.26 Å². The van der Waals surface area contributed by atoms with E-state index in [1.165, 1.54) is 4.90 Å². The third-order valence-corrected chi connectivity index (χ3v) is 3.12. The van der Waals surface area contributed by atoms with Gasteiger partial charge in [-0.2, -0.15) is 0 Å². The largest absolute Gasteiger partial charge is 0.344 e. The lowest BCUT2D eigenvalue weighted by Gasteiger charge is -2.01. The van der Waals surface area contributed by atoms with E-state index in [1.54, 1.807) is 24.4 Å². The summed E-state index contributed by atoms with van der Waals surface area (Å²) < 4.78 is 0. The zero-order valence-corrected chi connectivity index (χ0v) is 8.88. The molecule has 74 valence electrons. The standard InChI is InChI=1S/C10H8N4S/c1-15-7-2-6-3-11-4-12-8(6)10-9(7)13-5-14-10/h2-5H,1H3,(H,13,14). The van der Waals surface area contributed by atoms with Crippen LogP contribution < -0.4 is 0 Å². The summed E-state index contributed by atoms with van der Waals surface area (Å²) >= 11 is 1.69. The number of nitrogens with one attached hydrogen (secondary N) is 1. The van der Waals surface area contributed by atoms with Gasteiger partial charge < -0.3 is 4.98 Å². The Balaban J connectivity index is 2.57. The number of hydrogen-bond acceptors (Lipinski definition) is 4. The van der Waals surface area contributed by atoms with Gasteiger partial charge in [-0.25, -0.2) is 15.0 Å². The van der Waals surface area contributed by atoms with Crippen LogP contribution in [0.25, 0.3) is 21.9 Å². The Bertz CT molecular complexity index is 631. The summed E-state index contributed by atoms with van der Waals surface area (Å²) in [4.78, 5) is 16.9. The molecule has 2 aromatic heterocycles. The predicted octanol–water partition coefficient (Wildman–Crippen LogP) is 2.23. The molecule has 0 radical (unpaired) electrons. The van der Waals surface area contributed by atoms with E-state index in [-0.39, 0.29) is 0 Å². The zero-order valence-electron chi connectivity index (χ0n) is 8.06. The Kier molecular flexibility index (Phi) is 1.85. The highest BCUT2D eigenvalue weighted by Gasteiger charge is 2.08. The maximum Gasteiger partial charge on any atom is 0.116 e. The normalized spacial score (nSPS) is 11.3. The molecule has 15 heavy (non-hydrogen) atoms. The number of aromatic nitrogens is 4. The first-order chi connectivity index (χ1) is 7.40. The van der Waals surface area contributed by atoms with Crippen molar-refractivity contribution in [2.24, 2.45) is 0 Å². The summed E-state index contributed by atoms with van der Waals surface area (Å²) in [6.07, 6.45) is 7.11. The van der Waals surface area contributed by atoms with E-state index in [4.69, 9.17) is 0 Å². The van der Waals surface area contributed by atoms with Gasteiger partial charge in [0.2, 0.25) is 0 Å².